The molecule has 24 heavy (non-hydrogen) atoms. The summed E-state index contributed by atoms with van der Waals surface area (Å²) in [6.45, 7) is 4.91. The van der Waals surface area contributed by atoms with Crippen LogP contribution in [0.25, 0.3) is 0 Å². The summed E-state index contributed by atoms with van der Waals surface area (Å²) in [5.41, 5.74) is 1.76. The first-order chi connectivity index (χ1) is 11.4. The van der Waals surface area contributed by atoms with Crippen LogP contribution in [0.5, 0.6) is 5.75 Å². The second kappa shape index (κ2) is 8.71. The van der Waals surface area contributed by atoms with Crippen molar-refractivity contribution in [3.05, 3.63) is 59.1 Å². The first kappa shape index (κ1) is 18.3. The van der Waals surface area contributed by atoms with Crippen LogP contribution in [0.2, 0.25) is 5.02 Å². The van der Waals surface area contributed by atoms with E-state index in [-0.39, 0.29) is 18.6 Å². The van der Waals surface area contributed by atoms with Gasteiger partial charge in [-0.15, -0.1) is 0 Å². The molecule has 128 valence electrons. The van der Waals surface area contributed by atoms with Crippen molar-refractivity contribution in [2.75, 3.05) is 18.9 Å². The third kappa shape index (κ3) is 5.87. The molecule has 4 nitrogen and oxygen atoms in total. The molecule has 0 spiro atoms. The van der Waals surface area contributed by atoms with E-state index in [1.807, 2.05) is 56.1 Å². The van der Waals surface area contributed by atoms with E-state index in [2.05, 4.69) is 5.32 Å². The van der Waals surface area contributed by atoms with E-state index < -0.39 is 0 Å². The number of hydrogen-bond acceptors (Lipinski definition) is 3. The SMILES string of the molecule is CC(C)Oc1ccccc1CN(C)CC(=O)Nc1cccc(Cl)c1. The highest BCUT2D eigenvalue weighted by molar-refractivity contribution is 6.30. The maximum absolute atomic E-state index is 12.2. The highest BCUT2D eigenvalue weighted by Gasteiger charge is 2.11. The molecule has 0 bridgehead atoms. The number of amides is 1. The van der Waals surface area contributed by atoms with Gasteiger partial charge in [-0.25, -0.2) is 0 Å². The average molecular weight is 347 g/mol. The topological polar surface area (TPSA) is 41.6 Å². The lowest BCUT2D eigenvalue weighted by molar-refractivity contribution is -0.117. The second-order valence-corrected chi connectivity index (χ2v) is 6.44. The lowest BCUT2D eigenvalue weighted by atomic mass is 10.2. The second-order valence-electron chi connectivity index (χ2n) is 6.01. The van der Waals surface area contributed by atoms with Gasteiger partial charge in [-0.2, -0.15) is 0 Å². The highest BCUT2D eigenvalue weighted by atomic mass is 35.5. The molecule has 1 N–H and O–H groups in total. The van der Waals surface area contributed by atoms with Crippen LogP contribution in [0, 0.1) is 0 Å². The fraction of sp³-hybridized carbons (Fsp3) is 0.316. The Labute approximate surface area is 148 Å². The Morgan fingerprint density at radius 1 is 1.21 bits per heavy atom. The minimum atomic E-state index is -0.0815. The zero-order valence-electron chi connectivity index (χ0n) is 14.3. The molecular formula is C19H23ClN2O2. The van der Waals surface area contributed by atoms with Crippen LogP contribution in [-0.4, -0.2) is 30.5 Å². The Hall–Kier alpha value is -2.04. The minimum Gasteiger partial charge on any atom is -0.491 e. The molecule has 0 saturated heterocycles. The van der Waals surface area contributed by atoms with Crippen LogP contribution in [0.1, 0.15) is 19.4 Å². The number of nitrogens with zero attached hydrogens (tertiary/aromatic N) is 1. The number of ether oxygens (including phenoxy) is 1. The van der Waals surface area contributed by atoms with E-state index in [1.165, 1.54) is 0 Å². The number of carbonyl (C=O) groups is 1. The summed E-state index contributed by atoms with van der Waals surface area (Å²) in [7, 11) is 1.91. The zero-order chi connectivity index (χ0) is 17.5. The largest absolute Gasteiger partial charge is 0.491 e. The molecule has 0 aromatic heterocycles. The van der Waals surface area contributed by atoms with Gasteiger partial charge in [0.2, 0.25) is 5.91 Å². The van der Waals surface area contributed by atoms with Gasteiger partial charge >= 0.3 is 0 Å². The third-order valence-electron chi connectivity index (χ3n) is 3.30. The molecule has 0 aliphatic carbocycles. The van der Waals surface area contributed by atoms with Crippen molar-refractivity contribution >= 4 is 23.2 Å². The molecule has 0 unspecified atom stereocenters. The van der Waals surface area contributed by atoms with E-state index in [0.29, 0.717) is 17.3 Å². The number of nitrogens with one attached hydrogen (secondary N) is 1. The molecule has 0 radical (unpaired) electrons. The number of anilines is 1. The summed E-state index contributed by atoms with van der Waals surface area (Å²) in [5.74, 6) is 0.775. The van der Waals surface area contributed by atoms with Crippen LogP contribution in [-0.2, 0) is 11.3 Å². The van der Waals surface area contributed by atoms with E-state index in [9.17, 15) is 4.79 Å². The Balaban J connectivity index is 1.93. The van der Waals surface area contributed by atoms with Gasteiger partial charge in [0.05, 0.1) is 12.6 Å². The molecule has 0 fully saturated rings. The maximum atomic E-state index is 12.2. The predicted octanol–water partition coefficient (Wildman–Crippen LogP) is 4.20. The van der Waals surface area contributed by atoms with Crippen molar-refractivity contribution < 1.29 is 9.53 Å². The molecule has 2 rings (SSSR count). The van der Waals surface area contributed by atoms with Gasteiger partial charge < -0.3 is 10.1 Å². The van der Waals surface area contributed by atoms with Crippen LogP contribution in [0.3, 0.4) is 0 Å². The van der Waals surface area contributed by atoms with Crippen LogP contribution in [0.4, 0.5) is 5.69 Å². The Morgan fingerprint density at radius 2 is 1.96 bits per heavy atom. The smallest absolute Gasteiger partial charge is 0.238 e. The predicted molar refractivity (Wildman–Crippen MR) is 98.6 cm³/mol. The molecule has 0 saturated carbocycles. The van der Waals surface area contributed by atoms with Gasteiger partial charge in [-0.1, -0.05) is 35.9 Å². The summed E-state index contributed by atoms with van der Waals surface area (Å²) in [4.78, 5) is 14.1. The van der Waals surface area contributed by atoms with Crippen molar-refractivity contribution in [2.45, 2.75) is 26.5 Å². The standard InChI is InChI=1S/C19H23ClN2O2/c1-14(2)24-18-10-5-4-7-15(18)12-22(3)13-19(23)21-17-9-6-8-16(20)11-17/h4-11,14H,12-13H2,1-3H3,(H,21,23). The number of rotatable bonds is 7. The molecule has 0 aliphatic heterocycles. The van der Waals surface area contributed by atoms with Crippen LogP contribution >= 0.6 is 11.6 Å². The molecule has 0 heterocycles. The molecule has 5 heteroatoms. The summed E-state index contributed by atoms with van der Waals surface area (Å²) in [5, 5.41) is 3.45. The summed E-state index contributed by atoms with van der Waals surface area (Å²) in [6.07, 6.45) is 0.114. The number of halogens is 1. The molecular weight excluding hydrogens is 324 g/mol. The lowest BCUT2D eigenvalue weighted by Crippen LogP contribution is -2.30. The third-order valence-corrected chi connectivity index (χ3v) is 3.53. The summed E-state index contributed by atoms with van der Waals surface area (Å²) >= 11 is 5.92. The summed E-state index contributed by atoms with van der Waals surface area (Å²) in [6, 6.07) is 15.0. The number of benzene rings is 2. The quantitative estimate of drug-likeness (QED) is 0.817. The fourth-order valence-corrected chi connectivity index (χ4v) is 2.55. The number of hydrogen-bond donors (Lipinski definition) is 1. The van der Waals surface area contributed by atoms with E-state index in [1.54, 1.807) is 18.2 Å². The Bertz CT molecular complexity index is 689. The average Bonchev–Trinajstić information content (AvgIpc) is 2.48. The molecule has 2 aromatic carbocycles. The van der Waals surface area contributed by atoms with Gasteiger partial charge in [-0.3, -0.25) is 9.69 Å². The van der Waals surface area contributed by atoms with Gasteiger partial charge in [0.25, 0.3) is 0 Å². The zero-order valence-corrected chi connectivity index (χ0v) is 15.0. The number of carbonyl (C=O) groups excluding carboxylic acids is 1. The van der Waals surface area contributed by atoms with Crippen LogP contribution in [0.15, 0.2) is 48.5 Å². The molecule has 0 atom stereocenters. The first-order valence-electron chi connectivity index (χ1n) is 7.92. The van der Waals surface area contributed by atoms with Crippen molar-refractivity contribution in [1.82, 2.24) is 4.90 Å². The van der Waals surface area contributed by atoms with Crippen molar-refractivity contribution in [3.8, 4) is 5.75 Å². The number of para-hydroxylation sites is 1. The fourth-order valence-electron chi connectivity index (χ4n) is 2.36. The lowest BCUT2D eigenvalue weighted by Gasteiger charge is -2.19. The molecule has 1 amide bonds. The first-order valence-corrected chi connectivity index (χ1v) is 8.30. The van der Waals surface area contributed by atoms with Gasteiger partial charge in [0.15, 0.2) is 0 Å². The maximum Gasteiger partial charge on any atom is 0.238 e. The van der Waals surface area contributed by atoms with Crippen molar-refractivity contribution in [1.29, 1.82) is 0 Å². The normalized spacial score (nSPS) is 10.9. The van der Waals surface area contributed by atoms with Crippen molar-refractivity contribution in [2.24, 2.45) is 0 Å². The van der Waals surface area contributed by atoms with Crippen molar-refractivity contribution in [3.63, 3.8) is 0 Å². The Morgan fingerprint density at radius 3 is 2.67 bits per heavy atom. The summed E-state index contributed by atoms with van der Waals surface area (Å²) < 4.78 is 5.82. The van der Waals surface area contributed by atoms with E-state index in [0.717, 1.165) is 11.3 Å². The van der Waals surface area contributed by atoms with Gasteiger partial charge in [0.1, 0.15) is 5.75 Å². The molecule has 0 aliphatic rings. The minimum absolute atomic E-state index is 0.0815. The highest BCUT2D eigenvalue weighted by Crippen LogP contribution is 2.21. The monoisotopic (exact) mass is 346 g/mol. The van der Waals surface area contributed by atoms with Gasteiger partial charge in [0, 0.05) is 22.8 Å². The molecule has 2 aromatic rings. The van der Waals surface area contributed by atoms with E-state index >= 15 is 0 Å². The van der Waals surface area contributed by atoms with E-state index in [4.69, 9.17) is 16.3 Å². The number of likely N-dealkylation sites (N-methyl/N-ethyl adjacent to an activating group) is 1. The van der Waals surface area contributed by atoms with Crippen LogP contribution < -0.4 is 10.1 Å². The van der Waals surface area contributed by atoms with Gasteiger partial charge in [-0.05, 0) is 45.2 Å². The Kier molecular flexibility index (Phi) is 6.64.